The zero-order valence-corrected chi connectivity index (χ0v) is 14.1. The third-order valence-electron chi connectivity index (χ3n) is 4.28. The van der Waals surface area contributed by atoms with Crippen molar-refractivity contribution in [3.8, 4) is 0 Å². The van der Waals surface area contributed by atoms with Gasteiger partial charge in [0.15, 0.2) is 0 Å². The number of rotatable bonds is 3. The number of aryl methyl sites for hydroxylation is 1. The first-order valence-electron chi connectivity index (χ1n) is 7.98. The molecule has 1 aliphatic heterocycles. The second-order valence-electron chi connectivity index (χ2n) is 5.94. The summed E-state index contributed by atoms with van der Waals surface area (Å²) in [5, 5.41) is 9.50. The Balaban J connectivity index is 1.90. The highest BCUT2D eigenvalue weighted by molar-refractivity contribution is 7.99. The molecular formula is C19H21NO2S. The lowest BCUT2D eigenvalue weighted by atomic mass is 9.95. The van der Waals surface area contributed by atoms with Crippen LogP contribution >= 0.6 is 11.8 Å². The van der Waals surface area contributed by atoms with Crippen LogP contribution in [-0.2, 0) is 0 Å². The van der Waals surface area contributed by atoms with Crippen molar-refractivity contribution in [2.75, 3.05) is 6.54 Å². The van der Waals surface area contributed by atoms with Crippen LogP contribution in [0.5, 0.6) is 0 Å². The van der Waals surface area contributed by atoms with Gasteiger partial charge in [0.2, 0.25) is 0 Å². The molecule has 1 heterocycles. The van der Waals surface area contributed by atoms with E-state index < -0.39 is 6.09 Å². The van der Waals surface area contributed by atoms with Crippen LogP contribution in [0.4, 0.5) is 4.79 Å². The first-order chi connectivity index (χ1) is 11.1. The van der Waals surface area contributed by atoms with Gasteiger partial charge < -0.3 is 10.0 Å². The van der Waals surface area contributed by atoms with E-state index >= 15 is 0 Å². The molecular weight excluding hydrogens is 306 g/mol. The summed E-state index contributed by atoms with van der Waals surface area (Å²) >= 11 is 1.71. The van der Waals surface area contributed by atoms with E-state index in [1.165, 1.54) is 10.5 Å². The van der Waals surface area contributed by atoms with Crippen molar-refractivity contribution in [3.63, 3.8) is 0 Å². The molecule has 120 valence electrons. The van der Waals surface area contributed by atoms with Gasteiger partial charge in [0.05, 0.1) is 6.04 Å². The summed E-state index contributed by atoms with van der Waals surface area (Å²) in [5.41, 5.74) is 2.37. The SMILES string of the molecule is Cc1ccc(Sc2ccccc2C2CCCCN2C(=O)O)cc1. The molecule has 3 nitrogen and oxygen atoms in total. The summed E-state index contributed by atoms with van der Waals surface area (Å²) in [4.78, 5) is 15.5. The number of likely N-dealkylation sites (tertiary alicyclic amines) is 1. The molecule has 1 aliphatic rings. The lowest BCUT2D eigenvalue weighted by Gasteiger charge is -2.34. The van der Waals surface area contributed by atoms with Crippen LogP contribution in [0, 0.1) is 6.92 Å². The fourth-order valence-corrected chi connectivity index (χ4v) is 4.06. The van der Waals surface area contributed by atoms with E-state index in [0.717, 1.165) is 29.7 Å². The number of carboxylic acid groups (broad SMARTS) is 1. The Hall–Kier alpha value is -1.94. The zero-order valence-electron chi connectivity index (χ0n) is 13.2. The monoisotopic (exact) mass is 327 g/mol. The van der Waals surface area contributed by atoms with Crippen molar-refractivity contribution >= 4 is 17.9 Å². The highest BCUT2D eigenvalue weighted by atomic mass is 32.2. The third kappa shape index (κ3) is 3.70. The Labute approximate surface area is 141 Å². The second-order valence-corrected chi connectivity index (χ2v) is 7.06. The summed E-state index contributed by atoms with van der Waals surface area (Å²) in [6.45, 7) is 2.71. The predicted octanol–water partition coefficient (Wildman–Crippen LogP) is 5.35. The lowest BCUT2D eigenvalue weighted by Crippen LogP contribution is -2.37. The summed E-state index contributed by atoms with van der Waals surface area (Å²) in [5.74, 6) is 0. The Kier molecular flexibility index (Phi) is 4.91. The molecule has 4 heteroatoms. The molecule has 1 N–H and O–H groups in total. The van der Waals surface area contributed by atoms with Crippen LogP contribution < -0.4 is 0 Å². The molecule has 0 radical (unpaired) electrons. The van der Waals surface area contributed by atoms with Crippen LogP contribution in [0.1, 0.15) is 36.4 Å². The Bertz CT molecular complexity index is 684. The van der Waals surface area contributed by atoms with Crippen LogP contribution in [-0.4, -0.2) is 22.6 Å². The normalized spacial score (nSPS) is 18.0. The summed E-state index contributed by atoms with van der Waals surface area (Å²) in [6.07, 6.45) is 2.12. The van der Waals surface area contributed by atoms with Gasteiger partial charge in [-0.3, -0.25) is 0 Å². The molecule has 1 atom stereocenters. The molecule has 0 aromatic heterocycles. The molecule has 0 aliphatic carbocycles. The minimum Gasteiger partial charge on any atom is -0.465 e. The quantitative estimate of drug-likeness (QED) is 0.826. The number of hydrogen-bond donors (Lipinski definition) is 1. The number of hydrogen-bond acceptors (Lipinski definition) is 2. The number of carbonyl (C=O) groups is 1. The van der Waals surface area contributed by atoms with Crippen molar-refractivity contribution in [1.29, 1.82) is 0 Å². The summed E-state index contributed by atoms with van der Waals surface area (Å²) in [7, 11) is 0. The Morgan fingerprint density at radius 3 is 2.61 bits per heavy atom. The van der Waals surface area contributed by atoms with Crippen molar-refractivity contribution in [1.82, 2.24) is 4.90 Å². The maximum Gasteiger partial charge on any atom is 0.407 e. The van der Waals surface area contributed by atoms with Gasteiger partial charge in [0, 0.05) is 16.3 Å². The van der Waals surface area contributed by atoms with Gasteiger partial charge in [-0.25, -0.2) is 4.79 Å². The predicted molar refractivity (Wildman–Crippen MR) is 93.1 cm³/mol. The van der Waals surface area contributed by atoms with Crippen molar-refractivity contribution in [3.05, 3.63) is 59.7 Å². The molecule has 1 fully saturated rings. The van der Waals surface area contributed by atoms with Gasteiger partial charge in [0.25, 0.3) is 0 Å². The van der Waals surface area contributed by atoms with Crippen molar-refractivity contribution in [2.45, 2.75) is 42.0 Å². The van der Waals surface area contributed by atoms with Gasteiger partial charge in [0.1, 0.15) is 0 Å². The van der Waals surface area contributed by atoms with E-state index in [2.05, 4.69) is 43.3 Å². The highest BCUT2D eigenvalue weighted by Crippen LogP contribution is 2.39. The molecule has 0 spiro atoms. The summed E-state index contributed by atoms with van der Waals surface area (Å²) in [6, 6.07) is 16.6. The number of piperidine rings is 1. The first kappa shape index (κ1) is 15.9. The standard InChI is InChI=1S/C19H21NO2S/c1-14-9-11-15(12-10-14)23-18-8-3-2-6-16(18)17-7-4-5-13-20(17)19(21)22/h2-3,6,8-12,17H,4-5,7,13H2,1H3,(H,21,22). The van der Waals surface area contributed by atoms with Crippen LogP contribution in [0.25, 0.3) is 0 Å². The molecule has 0 bridgehead atoms. The lowest BCUT2D eigenvalue weighted by molar-refractivity contribution is 0.106. The fourth-order valence-electron chi connectivity index (χ4n) is 3.07. The molecule has 1 saturated heterocycles. The molecule has 0 saturated carbocycles. The van der Waals surface area contributed by atoms with Gasteiger partial charge in [-0.1, -0.05) is 47.7 Å². The van der Waals surface area contributed by atoms with Gasteiger partial charge in [-0.15, -0.1) is 0 Å². The number of nitrogens with zero attached hydrogens (tertiary/aromatic N) is 1. The van der Waals surface area contributed by atoms with Gasteiger partial charge in [-0.2, -0.15) is 0 Å². The maximum absolute atomic E-state index is 11.6. The van der Waals surface area contributed by atoms with E-state index in [1.807, 2.05) is 12.1 Å². The maximum atomic E-state index is 11.6. The van der Waals surface area contributed by atoms with E-state index in [1.54, 1.807) is 16.7 Å². The Morgan fingerprint density at radius 2 is 1.87 bits per heavy atom. The minimum absolute atomic E-state index is 0.0320. The van der Waals surface area contributed by atoms with Gasteiger partial charge in [-0.05, 0) is 49.9 Å². The number of amides is 1. The van der Waals surface area contributed by atoms with E-state index in [4.69, 9.17) is 0 Å². The van der Waals surface area contributed by atoms with E-state index in [-0.39, 0.29) is 6.04 Å². The summed E-state index contributed by atoms with van der Waals surface area (Å²) < 4.78 is 0. The van der Waals surface area contributed by atoms with E-state index in [9.17, 15) is 9.90 Å². The van der Waals surface area contributed by atoms with Crippen molar-refractivity contribution in [2.24, 2.45) is 0 Å². The zero-order chi connectivity index (χ0) is 16.2. The first-order valence-corrected chi connectivity index (χ1v) is 8.80. The molecule has 1 amide bonds. The smallest absolute Gasteiger partial charge is 0.407 e. The van der Waals surface area contributed by atoms with Crippen LogP contribution in [0.2, 0.25) is 0 Å². The minimum atomic E-state index is -0.815. The Morgan fingerprint density at radius 1 is 1.13 bits per heavy atom. The molecule has 2 aromatic rings. The van der Waals surface area contributed by atoms with E-state index in [0.29, 0.717) is 6.54 Å². The average molecular weight is 327 g/mol. The average Bonchev–Trinajstić information content (AvgIpc) is 2.57. The fraction of sp³-hybridized carbons (Fsp3) is 0.316. The molecule has 3 rings (SSSR count). The third-order valence-corrected chi connectivity index (χ3v) is 5.37. The molecule has 1 unspecified atom stereocenters. The number of benzene rings is 2. The van der Waals surface area contributed by atoms with Gasteiger partial charge >= 0.3 is 6.09 Å². The highest BCUT2D eigenvalue weighted by Gasteiger charge is 2.29. The molecule has 23 heavy (non-hydrogen) atoms. The topological polar surface area (TPSA) is 40.5 Å². The van der Waals surface area contributed by atoms with Crippen molar-refractivity contribution < 1.29 is 9.90 Å². The van der Waals surface area contributed by atoms with Crippen LogP contribution in [0.3, 0.4) is 0 Å². The van der Waals surface area contributed by atoms with Crippen LogP contribution in [0.15, 0.2) is 58.3 Å². The second kappa shape index (κ2) is 7.09. The largest absolute Gasteiger partial charge is 0.465 e. The molecule has 2 aromatic carbocycles.